The number of aryl methyl sites for hydroxylation is 1. The van der Waals surface area contributed by atoms with Gasteiger partial charge in [0.1, 0.15) is 0 Å². The first-order chi connectivity index (χ1) is 14.6. The molecular formula is C22H25N5O2S. The number of nitrogens with zero attached hydrogens (tertiary/aromatic N) is 3. The van der Waals surface area contributed by atoms with Crippen LogP contribution >= 0.6 is 11.8 Å². The molecule has 7 nitrogen and oxygen atoms in total. The number of carbonyl (C=O) groups is 2. The van der Waals surface area contributed by atoms with Crippen LogP contribution in [0.5, 0.6) is 0 Å². The topological polar surface area (TPSA) is 88.9 Å². The van der Waals surface area contributed by atoms with Gasteiger partial charge in [0.25, 0.3) is 5.91 Å². The van der Waals surface area contributed by atoms with Crippen molar-refractivity contribution in [2.45, 2.75) is 38.6 Å². The van der Waals surface area contributed by atoms with Crippen LogP contribution < -0.4 is 10.6 Å². The van der Waals surface area contributed by atoms with E-state index in [4.69, 9.17) is 0 Å². The first kappa shape index (κ1) is 21.6. The fraction of sp³-hybridized carbons (Fsp3) is 0.273. The van der Waals surface area contributed by atoms with E-state index < -0.39 is 0 Å². The maximum absolute atomic E-state index is 12.4. The van der Waals surface area contributed by atoms with Gasteiger partial charge in [-0.3, -0.25) is 9.59 Å². The Balaban J connectivity index is 1.52. The van der Waals surface area contributed by atoms with Crippen molar-refractivity contribution < 1.29 is 9.59 Å². The molecule has 2 aromatic carbocycles. The smallest absolute Gasteiger partial charge is 0.251 e. The van der Waals surface area contributed by atoms with Crippen molar-refractivity contribution in [1.82, 2.24) is 25.4 Å². The van der Waals surface area contributed by atoms with Crippen LogP contribution in [0.3, 0.4) is 0 Å². The zero-order valence-electron chi connectivity index (χ0n) is 17.1. The van der Waals surface area contributed by atoms with E-state index in [1.54, 1.807) is 6.07 Å². The van der Waals surface area contributed by atoms with Gasteiger partial charge in [0, 0.05) is 18.7 Å². The molecule has 2 N–H and O–H groups in total. The molecule has 156 valence electrons. The molecule has 0 unspecified atom stereocenters. The molecule has 1 heterocycles. The Morgan fingerprint density at radius 3 is 2.53 bits per heavy atom. The summed E-state index contributed by atoms with van der Waals surface area (Å²) >= 11 is 1.33. The minimum absolute atomic E-state index is 0.0659. The zero-order chi connectivity index (χ0) is 21.3. The summed E-state index contributed by atoms with van der Waals surface area (Å²) in [4.78, 5) is 24.5. The number of benzene rings is 2. The van der Waals surface area contributed by atoms with Crippen LogP contribution in [0.4, 0.5) is 0 Å². The molecule has 1 aromatic heterocycles. The lowest BCUT2D eigenvalue weighted by Gasteiger charge is -2.09. The molecular weight excluding hydrogens is 398 g/mol. The molecule has 30 heavy (non-hydrogen) atoms. The van der Waals surface area contributed by atoms with Crippen molar-refractivity contribution in [3.05, 3.63) is 77.1 Å². The van der Waals surface area contributed by atoms with E-state index >= 15 is 0 Å². The van der Waals surface area contributed by atoms with Crippen molar-refractivity contribution in [3.8, 4) is 0 Å². The lowest BCUT2D eigenvalue weighted by molar-refractivity contribution is -0.118. The number of hydrogen-bond acceptors (Lipinski definition) is 5. The second-order valence-electron chi connectivity index (χ2n) is 6.75. The molecule has 8 heteroatoms. The molecule has 0 spiro atoms. The van der Waals surface area contributed by atoms with Crippen molar-refractivity contribution in [1.29, 1.82) is 0 Å². The van der Waals surface area contributed by atoms with Crippen LogP contribution in [0.25, 0.3) is 0 Å². The van der Waals surface area contributed by atoms with Gasteiger partial charge in [-0.15, -0.1) is 10.2 Å². The largest absolute Gasteiger partial charge is 0.351 e. The summed E-state index contributed by atoms with van der Waals surface area (Å²) in [6.45, 7) is 5.35. The van der Waals surface area contributed by atoms with Crippen LogP contribution in [0.2, 0.25) is 0 Å². The Morgan fingerprint density at radius 2 is 1.80 bits per heavy atom. The monoisotopic (exact) mass is 423 g/mol. The normalized spacial score (nSPS) is 10.6. The predicted octanol–water partition coefficient (Wildman–Crippen LogP) is 2.94. The second kappa shape index (κ2) is 10.6. The van der Waals surface area contributed by atoms with Crippen LogP contribution in [-0.4, -0.2) is 32.3 Å². The van der Waals surface area contributed by atoms with Crippen LogP contribution in [0, 0.1) is 6.92 Å². The van der Waals surface area contributed by atoms with Gasteiger partial charge in [0.05, 0.1) is 12.3 Å². The molecule has 0 bridgehead atoms. The Kier molecular flexibility index (Phi) is 7.62. The van der Waals surface area contributed by atoms with Crippen LogP contribution in [-0.2, 0) is 24.4 Å². The van der Waals surface area contributed by atoms with Crippen molar-refractivity contribution >= 4 is 23.6 Å². The van der Waals surface area contributed by atoms with E-state index in [1.165, 1.54) is 11.8 Å². The molecule has 0 aliphatic heterocycles. The highest BCUT2D eigenvalue weighted by molar-refractivity contribution is 7.99. The summed E-state index contributed by atoms with van der Waals surface area (Å²) in [7, 11) is 0. The minimum atomic E-state index is -0.154. The molecule has 0 aliphatic rings. The number of nitrogens with one attached hydrogen (secondary N) is 2. The molecule has 0 fully saturated rings. The Labute approximate surface area is 180 Å². The molecule has 3 aromatic rings. The van der Waals surface area contributed by atoms with Gasteiger partial charge in [-0.2, -0.15) is 0 Å². The summed E-state index contributed by atoms with van der Waals surface area (Å²) < 4.78 is 1.91. The number of amides is 2. The molecule has 0 atom stereocenters. The first-order valence-corrected chi connectivity index (χ1v) is 10.8. The summed E-state index contributed by atoms with van der Waals surface area (Å²) in [5, 5.41) is 14.8. The molecule has 0 aliphatic carbocycles. The molecule has 0 saturated heterocycles. The van der Waals surface area contributed by atoms with Gasteiger partial charge in [-0.1, -0.05) is 59.8 Å². The van der Waals surface area contributed by atoms with E-state index in [1.807, 2.05) is 66.9 Å². The lowest BCUT2D eigenvalue weighted by Crippen LogP contribution is -2.25. The van der Waals surface area contributed by atoms with E-state index in [0.717, 1.165) is 11.1 Å². The summed E-state index contributed by atoms with van der Waals surface area (Å²) in [6, 6.07) is 17.2. The highest BCUT2D eigenvalue weighted by Gasteiger charge is 2.14. The number of thioether (sulfide) groups is 1. The van der Waals surface area contributed by atoms with Crippen molar-refractivity contribution in [3.63, 3.8) is 0 Å². The van der Waals surface area contributed by atoms with Crippen LogP contribution in [0.15, 0.2) is 59.8 Å². The third-order valence-electron chi connectivity index (χ3n) is 4.46. The number of rotatable bonds is 9. The Morgan fingerprint density at radius 1 is 1.00 bits per heavy atom. The highest BCUT2D eigenvalue weighted by atomic mass is 32.2. The fourth-order valence-corrected chi connectivity index (χ4v) is 3.75. The summed E-state index contributed by atoms with van der Waals surface area (Å²) in [5.74, 6) is 0.689. The predicted molar refractivity (Wildman–Crippen MR) is 117 cm³/mol. The van der Waals surface area contributed by atoms with Gasteiger partial charge in [0.2, 0.25) is 5.91 Å². The number of carbonyl (C=O) groups excluding carboxylic acids is 2. The first-order valence-electron chi connectivity index (χ1n) is 9.77. The van der Waals surface area contributed by atoms with Crippen molar-refractivity contribution in [2.75, 3.05) is 5.75 Å². The average Bonchev–Trinajstić information content (AvgIpc) is 3.17. The Bertz CT molecular complexity index is 1000. The standard InChI is InChI=1S/C22H25N5O2S/c1-3-27-19(14-24-21(29)18-11-7-8-16(2)12-18)25-26-22(27)30-15-20(28)23-13-17-9-5-4-6-10-17/h4-12H,3,13-15H2,1-2H3,(H,23,28)(H,24,29). The van der Waals surface area contributed by atoms with Gasteiger partial charge in [-0.25, -0.2) is 0 Å². The number of aromatic nitrogens is 3. The molecule has 2 amide bonds. The SMILES string of the molecule is CCn1c(CNC(=O)c2cccc(C)c2)nnc1SCC(=O)NCc1ccccc1. The number of hydrogen-bond donors (Lipinski definition) is 2. The van der Waals surface area contributed by atoms with Gasteiger partial charge in [-0.05, 0) is 31.5 Å². The third-order valence-corrected chi connectivity index (χ3v) is 5.43. The zero-order valence-corrected chi connectivity index (χ0v) is 17.9. The van der Waals surface area contributed by atoms with E-state index in [2.05, 4.69) is 20.8 Å². The second-order valence-corrected chi connectivity index (χ2v) is 7.69. The van der Waals surface area contributed by atoms with Gasteiger partial charge >= 0.3 is 0 Å². The van der Waals surface area contributed by atoms with Crippen molar-refractivity contribution in [2.24, 2.45) is 0 Å². The van der Waals surface area contributed by atoms with E-state index in [-0.39, 0.29) is 24.1 Å². The molecule has 0 radical (unpaired) electrons. The fourth-order valence-electron chi connectivity index (χ4n) is 2.90. The van der Waals surface area contributed by atoms with E-state index in [0.29, 0.717) is 29.6 Å². The highest BCUT2D eigenvalue weighted by Crippen LogP contribution is 2.17. The maximum Gasteiger partial charge on any atom is 0.251 e. The summed E-state index contributed by atoms with van der Waals surface area (Å²) in [6.07, 6.45) is 0. The lowest BCUT2D eigenvalue weighted by atomic mass is 10.1. The van der Waals surface area contributed by atoms with E-state index in [9.17, 15) is 9.59 Å². The summed E-state index contributed by atoms with van der Waals surface area (Å²) in [5.41, 5.74) is 2.70. The quantitative estimate of drug-likeness (QED) is 0.517. The Hall–Kier alpha value is -3.13. The van der Waals surface area contributed by atoms with Gasteiger partial charge < -0.3 is 15.2 Å². The average molecular weight is 424 g/mol. The molecule has 3 rings (SSSR count). The minimum Gasteiger partial charge on any atom is -0.351 e. The van der Waals surface area contributed by atoms with Gasteiger partial charge in [0.15, 0.2) is 11.0 Å². The van der Waals surface area contributed by atoms with Crippen LogP contribution in [0.1, 0.15) is 34.2 Å². The molecule has 0 saturated carbocycles. The maximum atomic E-state index is 12.4. The third kappa shape index (κ3) is 5.93.